The average Bonchev–Trinajstić information content (AvgIpc) is 2.76. The molecule has 3 N–H and O–H groups in total. The van der Waals surface area contributed by atoms with Crippen LogP contribution in [0, 0.1) is 5.92 Å². The van der Waals surface area contributed by atoms with Gasteiger partial charge in [0.15, 0.2) is 0 Å². The van der Waals surface area contributed by atoms with Gasteiger partial charge in [0.1, 0.15) is 0 Å². The molecular weight excluding hydrogens is 467 g/mol. The van der Waals surface area contributed by atoms with E-state index in [1.807, 2.05) is 0 Å². The zero-order valence-electron chi connectivity index (χ0n) is 19.9. The van der Waals surface area contributed by atoms with Crippen LogP contribution in [0.2, 0.25) is 0 Å². The molecule has 0 bridgehead atoms. The number of nitrogens with one attached hydrogen (secondary N) is 3. The second-order valence-electron chi connectivity index (χ2n) is 9.81. The van der Waals surface area contributed by atoms with Crippen molar-refractivity contribution in [1.29, 1.82) is 0 Å². The van der Waals surface area contributed by atoms with Crippen LogP contribution in [-0.2, 0) is 16.2 Å². The molecule has 2 aliphatic carbocycles. The Morgan fingerprint density at radius 1 is 1.09 bits per heavy atom. The summed E-state index contributed by atoms with van der Waals surface area (Å²) >= 11 is 0. The van der Waals surface area contributed by atoms with Crippen LogP contribution < -0.4 is 15.4 Å². The van der Waals surface area contributed by atoms with Gasteiger partial charge in [-0.15, -0.1) is 0 Å². The summed E-state index contributed by atoms with van der Waals surface area (Å²) in [7, 11) is -4.07. The Bertz CT molecular complexity index is 936. The number of hydrogen-bond acceptors (Lipinski definition) is 3. The molecule has 6 nitrogen and oxygen atoms in total. The molecule has 0 unspecified atom stereocenters. The minimum absolute atomic E-state index is 0.0559. The largest absolute Gasteiger partial charge is 0.416 e. The molecule has 1 aromatic rings. The van der Waals surface area contributed by atoms with Crippen LogP contribution in [0.1, 0.15) is 83.6 Å². The lowest BCUT2D eigenvalue weighted by atomic mass is 9.70. The molecule has 0 heterocycles. The van der Waals surface area contributed by atoms with Crippen molar-refractivity contribution in [1.82, 2.24) is 15.4 Å². The zero-order valence-corrected chi connectivity index (χ0v) is 20.7. The first-order chi connectivity index (χ1) is 16.0. The minimum Gasteiger partial charge on any atom is -0.335 e. The first-order valence-corrected chi connectivity index (χ1v) is 13.7. The van der Waals surface area contributed by atoms with Gasteiger partial charge in [0.25, 0.3) is 0 Å². The van der Waals surface area contributed by atoms with Gasteiger partial charge in [0, 0.05) is 17.6 Å². The molecule has 0 spiro atoms. The van der Waals surface area contributed by atoms with Crippen molar-refractivity contribution in [3.63, 3.8) is 0 Å². The second kappa shape index (κ2) is 10.8. The van der Waals surface area contributed by atoms with Crippen molar-refractivity contribution in [2.45, 2.75) is 107 Å². The van der Waals surface area contributed by atoms with Crippen molar-refractivity contribution in [2.75, 3.05) is 0 Å². The van der Waals surface area contributed by atoms with E-state index in [1.54, 1.807) is 0 Å². The van der Waals surface area contributed by atoms with Gasteiger partial charge in [-0.25, -0.2) is 17.9 Å². The number of carbonyl (C=O) groups excluding carboxylic acids is 1. The summed E-state index contributed by atoms with van der Waals surface area (Å²) in [6.45, 7) is 4.36. The monoisotopic (exact) mass is 503 g/mol. The van der Waals surface area contributed by atoms with Gasteiger partial charge in [-0.05, 0) is 75.5 Å². The Balaban J connectivity index is 1.49. The molecule has 34 heavy (non-hydrogen) atoms. The van der Waals surface area contributed by atoms with Crippen molar-refractivity contribution in [3.8, 4) is 0 Å². The number of urea groups is 1. The molecular formula is C24H36F3N3O3S. The van der Waals surface area contributed by atoms with Gasteiger partial charge in [0.05, 0.1) is 10.5 Å². The maximum Gasteiger partial charge on any atom is 0.416 e. The standard InChI is InChI=1S/C24H36F3N3O3S/c1-3-17(4-2)16-23(13-6-14-23)29-22(31)28-19-9-11-20(12-10-19)30-34(32,33)21-8-5-7-18(15-21)24(25,26)27/h5,7-8,15,17,19-20,30H,3-4,6,9-14,16H2,1-2H3,(H2,28,29,31). The summed E-state index contributed by atoms with van der Waals surface area (Å²) < 4.78 is 66.6. The minimum atomic E-state index is -4.61. The molecule has 0 saturated heterocycles. The fourth-order valence-corrected chi connectivity index (χ4v) is 6.41. The van der Waals surface area contributed by atoms with E-state index in [0.29, 0.717) is 37.7 Å². The lowest BCUT2D eigenvalue weighted by Gasteiger charge is -2.45. The van der Waals surface area contributed by atoms with Crippen molar-refractivity contribution in [3.05, 3.63) is 29.8 Å². The molecule has 192 valence electrons. The Labute approximate surface area is 200 Å². The van der Waals surface area contributed by atoms with Crippen molar-refractivity contribution >= 4 is 16.1 Å². The maximum absolute atomic E-state index is 12.9. The molecule has 2 fully saturated rings. The number of halogens is 3. The fraction of sp³-hybridized carbons (Fsp3) is 0.708. The molecule has 2 aliphatic rings. The third kappa shape index (κ3) is 6.87. The Morgan fingerprint density at radius 3 is 2.24 bits per heavy atom. The quantitative estimate of drug-likeness (QED) is 0.425. The first kappa shape index (κ1) is 26.8. The normalized spacial score (nSPS) is 22.8. The fourth-order valence-electron chi connectivity index (χ4n) is 5.06. The van der Waals surface area contributed by atoms with Crippen LogP contribution in [0.3, 0.4) is 0 Å². The molecule has 0 aliphatic heterocycles. The zero-order chi connectivity index (χ0) is 25.0. The maximum atomic E-state index is 12.9. The predicted octanol–water partition coefficient (Wildman–Crippen LogP) is 5.34. The van der Waals surface area contributed by atoms with E-state index in [1.165, 1.54) is 0 Å². The van der Waals surface area contributed by atoms with Crippen LogP contribution >= 0.6 is 0 Å². The van der Waals surface area contributed by atoms with Gasteiger partial charge in [-0.3, -0.25) is 0 Å². The number of carbonyl (C=O) groups is 1. The first-order valence-electron chi connectivity index (χ1n) is 12.2. The second-order valence-corrected chi connectivity index (χ2v) is 11.5. The smallest absolute Gasteiger partial charge is 0.335 e. The number of hydrogen-bond donors (Lipinski definition) is 3. The third-order valence-corrected chi connectivity index (χ3v) is 8.90. The van der Waals surface area contributed by atoms with Gasteiger partial charge in [-0.2, -0.15) is 13.2 Å². The SMILES string of the molecule is CCC(CC)CC1(NC(=O)NC2CCC(NS(=O)(=O)c3cccc(C(F)(F)F)c3)CC2)CCC1. The summed E-state index contributed by atoms with van der Waals surface area (Å²) in [6.07, 6.45) is 3.92. The van der Waals surface area contributed by atoms with Gasteiger partial charge < -0.3 is 10.6 Å². The van der Waals surface area contributed by atoms with Crippen molar-refractivity contribution in [2.24, 2.45) is 5.92 Å². The highest BCUT2D eigenvalue weighted by Crippen LogP contribution is 2.39. The van der Waals surface area contributed by atoms with E-state index in [4.69, 9.17) is 0 Å². The predicted molar refractivity (Wildman–Crippen MR) is 125 cm³/mol. The van der Waals surface area contributed by atoms with Crippen LogP contribution in [-0.4, -0.2) is 32.1 Å². The van der Waals surface area contributed by atoms with Gasteiger partial charge in [-0.1, -0.05) is 32.8 Å². The summed E-state index contributed by atoms with van der Waals surface area (Å²) in [5.74, 6) is 0.598. The highest BCUT2D eigenvalue weighted by atomic mass is 32.2. The highest BCUT2D eigenvalue weighted by Gasteiger charge is 2.40. The number of sulfonamides is 1. The highest BCUT2D eigenvalue weighted by molar-refractivity contribution is 7.89. The van der Waals surface area contributed by atoms with E-state index < -0.39 is 26.7 Å². The summed E-state index contributed by atoms with van der Waals surface area (Å²) in [6, 6.07) is 3.14. The Hall–Kier alpha value is -1.81. The molecule has 0 aromatic heterocycles. The summed E-state index contributed by atoms with van der Waals surface area (Å²) in [5, 5.41) is 6.25. The Morgan fingerprint density at radius 2 is 1.71 bits per heavy atom. The molecule has 1 aromatic carbocycles. The number of rotatable bonds is 9. The van der Waals surface area contributed by atoms with Gasteiger partial charge in [0.2, 0.25) is 10.0 Å². The average molecular weight is 504 g/mol. The van der Waals surface area contributed by atoms with Crippen LogP contribution in [0.15, 0.2) is 29.2 Å². The van der Waals surface area contributed by atoms with E-state index in [2.05, 4.69) is 29.2 Å². The third-order valence-electron chi connectivity index (χ3n) is 7.38. The molecule has 2 amide bonds. The van der Waals surface area contributed by atoms with E-state index in [-0.39, 0.29) is 23.7 Å². The van der Waals surface area contributed by atoms with Crippen LogP contribution in [0.25, 0.3) is 0 Å². The topological polar surface area (TPSA) is 87.3 Å². The number of amides is 2. The summed E-state index contributed by atoms with van der Waals surface area (Å²) in [5.41, 5.74) is -1.11. The Kier molecular flexibility index (Phi) is 8.55. The molecule has 10 heteroatoms. The van der Waals surface area contributed by atoms with E-state index in [9.17, 15) is 26.4 Å². The lowest BCUT2D eigenvalue weighted by Crippen LogP contribution is -2.58. The van der Waals surface area contributed by atoms with E-state index in [0.717, 1.165) is 56.7 Å². The molecule has 3 rings (SSSR count). The van der Waals surface area contributed by atoms with Crippen LogP contribution in [0.5, 0.6) is 0 Å². The van der Waals surface area contributed by atoms with Crippen LogP contribution in [0.4, 0.5) is 18.0 Å². The molecule has 0 radical (unpaired) electrons. The van der Waals surface area contributed by atoms with E-state index >= 15 is 0 Å². The van der Waals surface area contributed by atoms with Gasteiger partial charge >= 0.3 is 12.2 Å². The molecule has 0 atom stereocenters. The summed E-state index contributed by atoms with van der Waals surface area (Å²) in [4.78, 5) is 12.3. The number of alkyl halides is 3. The molecule has 2 saturated carbocycles. The number of benzene rings is 1. The van der Waals surface area contributed by atoms with Crippen molar-refractivity contribution < 1.29 is 26.4 Å². The lowest BCUT2D eigenvalue weighted by molar-refractivity contribution is -0.137.